The molecule has 0 aromatic heterocycles. The van der Waals surface area contributed by atoms with E-state index in [0.29, 0.717) is 50.3 Å². The summed E-state index contributed by atoms with van der Waals surface area (Å²) in [6.07, 6.45) is 1.71. The zero-order valence-corrected chi connectivity index (χ0v) is 22.3. The van der Waals surface area contributed by atoms with Gasteiger partial charge in [0.25, 0.3) is 5.91 Å². The molecule has 36 heavy (non-hydrogen) atoms. The van der Waals surface area contributed by atoms with Gasteiger partial charge in [-0.1, -0.05) is 6.07 Å². The van der Waals surface area contributed by atoms with Gasteiger partial charge in [0.1, 0.15) is 0 Å². The third-order valence-electron chi connectivity index (χ3n) is 4.76. The third kappa shape index (κ3) is 6.67. The highest BCUT2D eigenvalue weighted by Crippen LogP contribution is 2.39. The molecule has 1 fully saturated rings. The minimum atomic E-state index is -1.11. The first-order valence-corrected chi connectivity index (χ1v) is 12.8. The molecule has 2 aromatic rings. The van der Waals surface area contributed by atoms with Gasteiger partial charge in [-0.2, -0.15) is 0 Å². The van der Waals surface area contributed by atoms with E-state index in [1.165, 1.54) is 11.8 Å². The summed E-state index contributed by atoms with van der Waals surface area (Å²) in [5, 5.41) is 9.42. The zero-order chi connectivity index (χ0) is 26.2. The number of likely N-dealkylation sites (N-methyl/N-ethyl adjacent to an activating group) is 1. The van der Waals surface area contributed by atoms with E-state index in [1.807, 2.05) is 6.92 Å². The van der Waals surface area contributed by atoms with Crippen LogP contribution in [0.15, 0.2) is 50.8 Å². The summed E-state index contributed by atoms with van der Waals surface area (Å²) >= 11 is 4.62. The number of amidine groups is 1. The molecule has 3 rings (SSSR count). The van der Waals surface area contributed by atoms with Crippen molar-refractivity contribution in [3.63, 3.8) is 0 Å². The molecule has 0 aliphatic carbocycles. The minimum absolute atomic E-state index is 0.205. The summed E-state index contributed by atoms with van der Waals surface area (Å²) in [5.41, 5.74) is 1.56. The number of hydrogen-bond acceptors (Lipinski definition) is 8. The number of esters is 1. The molecule has 1 saturated heterocycles. The van der Waals surface area contributed by atoms with Crippen molar-refractivity contribution >= 4 is 62.5 Å². The number of benzene rings is 2. The van der Waals surface area contributed by atoms with Crippen LogP contribution in [0, 0.1) is 0 Å². The highest BCUT2D eigenvalue weighted by atomic mass is 79.9. The number of halogens is 1. The number of carbonyl (C=O) groups excluding carboxylic acids is 2. The van der Waals surface area contributed by atoms with Crippen LogP contribution in [-0.2, 0) is 14.3 Å². The van der Waals surface area contributed by atoms with Gasteiger partial charge in [0.15, 0.2) is 23.3 Å². The number of rotatable bonds is 10. The van der Waals surface area contributed by atoms with E-state index in [2.05, 4.69) is 20.9 Å². The number of carbonyl (C=O) groups is 3. The van der Waals surface area contributed by atoms with E-state index in [-0.39, 0.29) is 18.3 Å². The molecular formula is C25H25BrN2O7S. The maximum absolute atomic E-state index is 13.1. The average molecular weight is 577 g/mol. The molecule has 1 aliphatic rings. The molecule has 1 N–H and O–H groups in total. The molecule has 0 atom stereocenters. The zero-order valence-electron chi connectivity index (χ0n) is 19.9. The Kier molecular flexibility index (Phi) is 9.54. The van der Waals surface area contributed by atoms with E-state index < -0.39 is 18.5 Å². The second-order valence-corrected chi connectivity index (χ2v) is 9.13. The number of aliphatic carboxylic acids is 1. The van der Waals surface area contributed by atoms with Gasteiger partial charge in [-0.05, 0) is 90.4 Å². The van der Waals surface area contributed by atoms with Crippen LogP contribution in [0.1, 0.15) is 36.7 Å². The van der Waals surface area contributed by atoms with Crippen LogP contribution in [0.5, 0.6) is 11.5 Å². The SMILES string of the molecule is CCOC(=O)c1cccc(N=C2SC(=Cc3cc(Br)c(OCC(=O)O)c(OCC)c3)C(=O)N2CC)c1. The second kappa shape index (κ2) is 12.6. The van der Waals surface area contributed by atoms with E-state index >= 15 is 0 Å². The Bertz CT molecular complexity index is 1230. The number of ether oxygens (including phenoxy) is 3. The molecule has 0 bridgehead atoms. The van der Waals surface area contributed by atoms with Crippen molar-refractivity contribution in [3.8, 4) is 11.5 Å². The molecule has 0 saturated carbocycles. The largest absolute Gasteiger partial charge is 0.490 e. The predicted molar refractivity (Wildman–Crippen MR) is 141 cm³/mol. The summed E-state index contributed by atoms with van der Waals surface area (Å²) in [6.45, 7) is 5.90. The van der Waals surface area contributed by atoms with Gasteiger partial charge in [-0.3, -0.25) is 9.69 Å². The standard InChI is InChI=1S/C25H25BrN2O7S/c1-4-28-23(31)20(36-25(28)27-17-9-7-8-16(13-17)24(32)34-6-3)12-15-10-18(26)22(35-14-21(29)30)19(11-15)33-5-2/h7-13H,4-6,14H2,1-3H3,(H,29,30). The average Bonchev–Trinajstić information content (AvgIpc) is 3.12. The number of carboxylic acid groups (broad SMARTS) is 1. The topological polar surface area (TPSA) is 115 Å². The number of hydrogen-bond donors (Lipinski definition) is 1. The maximum Gasteiger partial charge on any atom is 0.341 e. The van der Waals surface area contributed by atoms with Crippen LogP contribution in [0.2, 0.25) is 0 Å². The van der Waals surface area contributed by atoms with Crippen LogP contribution >= 0.6 is 27.7 Å². The van der Waals surface area contributed by atoms with E-state index in [9.17, 15) is 14.4 Å². The highest BCUT2D eigenvalue weighted by molar-refractivity contribution is 9.10. The first kappa shape index (κ1) is 27.3. The Balaban J connectivity index is 1.93. The number of aliphatic imine (C=N–C) groups is 1. The van der Waals surface area contributed by atoms with Gasteiger partial charge < -0.3 is 19.3 Å². The quantitative estimate of drug-likeness (QED) is 0.306. The number of thioether (sulfide) groups is 1. The molecule has 9 nitrogen and oxygen atoms in total. The fourth-order valence-corrected chi connectivity index (χ4v) is 4.89. The molecular weight excluding hydrogens is 552 g/mol. The monoisotopic (exact) mass is 576 g/mol. The molecule has 1 heterocycles. The summed E-state index contributed by atoms with van der Waals surface area (Å²) in [4.78, 5) is 42.7. The first-order valence-electron chi connectivity index (χ1n) is 11.2. The smallest absolute Gasteiger partial charge is 0.341 e. The molecule has 0 radical (unpaired) electrons. The Labute approximate surface area is 221 Å². The molecule has 190 valence electrons. The molecule has 1 aliphatic heterocycles. The van der Waals surface area contributed by atoms with Gasteiger partial charge >= 0.3 is 11.9 Å². The third-order valence-corrected chi connectivity index (χ3v) is 6.35. The molecule has 11 heteroatoms. The van der Waals surface area contributed by atoms with Crippen LogP contribution in [0.3, 0.4) is 0 Å². The fraction of sp³-hybridized carbons (Fsp3) is 0.280. The molecule has 0 spiro atoms. The van der Waals surface area contributed by atoms with Gasteiger partial charge in [-0.15, -0.1) is 0 Å². The Hall–Kier alpha value is -3.31. The van der Waals surface area contributed by atoms with Crippen molar-refractivity contribution in [1.82, 2.24) is 4.90 Å². The first-order chi connectivity index (χ1) is 17.3. The van der Waals surface area contributed by atoms with Crippen molar-refractivity contribution in [2.24, 2.45) is 4.99 Å². The predicted octanol–water partition coefficient (Wildman–Crippen LogP) is 5.11. The van der Waals surface area contributed by atoms with Crippen LogP contribution in [0.25, 0.3) is 6.08 Å². The van der Waals surface area contributed by atoms with Gasteiger partial charge in [-0.25, -0.2) is 14.6 Å². The Morgan fingerprint density at radius 3 is 2.58 bits per heavy atom. The van der Waals surface area contributed by atoms with Crippen molar-refractivity contribution in [2.75, 3.05) is 26.4 Å². The van der Waals surface area contributed by atoms with Crippen LogP contribution < -0.4 is 9.47 Å². The molecule has 1 amide bonds. The fourth-order valence-electron chi connectivity index (χ4n) is 3.26. The van der Waals surface area contributed by atoms with E-state index in [1.54, 1.807) is 61.2 Å². The normalized spacial score (nSPS) is 15.4. The van der Waals surface area contributed by atoms with E-state index in [0.717, 1.165) is 0 Å². The maximum atomic E-state index is 13.1. The number of amides is 1. The summed E-state index contributed by atoms with van der Waals surface area (Å²) < 4.78 is 16.5. The van der Waals surface area contributed by atoms with Gasteiger partial charge in [0.05, 0.1) is 33.8 Å². The van der Waals surface area contributed by atoms with Crippen molar-refractivity contribution in [2.45, 2.75) is 20.8 Å². The lowest BCUT2D eigenvalue weighted by atomic mass is 10.2. The lowest BCUT2D eigenvalue weighted by molar-refractivity contribution is -0.139. The van der Waals surface area contributed by atoms with E-state index in [4.69, 9.17) is 19.3 Å². The summed E-state index contributed by atoms with van der Waals surface area (Å²) in [7, 11) is 0. The van der Waals surface area contributed by atoms with Crippen LogP contribution in [0.4, 0.5) is 5.69 Å². The number of nitrogens with zero attached hydrogens (tertiary/aromatic N) is 2. The number of carboxylic acids is 1. The Morgan fingerprint density at radius 2 is 1.92 bits per heavy atom. The van der Waals surface area contributed by atoms with Gasteiger partial charge in [0.2, 0.25) is 0 Å². The van der Waals surface area contributed by atoms with Gasteiger partial charge in [0, 0.05) is 6.54 Å². The lowest BCUT2D eigenvalue weighted by Gasteiger charge is -2.14. The van der Waals surface area contributed by atoms with Crippen molar-refractivity contribution in [1.29, 1.82) is 0 Å². The summed E-state index contributed by atoms with van der Waals surface area (Å²) in [6, 6.07) is 10.1. The van der Waals surface area contributed by atoms with Crippen molar-refractivity contribution in [3.05, 3.63) is 56.9 Å². The molecule has 2 aromatic carbocycles. The summed E-state index contributed by atoms with van der Waals surface area (Å²) in [5.74, 6) is -1.13. The lowest BCUT2D eigenvalue weighted by Crippen LogP contribution is -2.28. The van der Waals surface area contributed by atoms with Crippen molar-refractivity contribution < 1.29 is 33.7 Å². The highest BCUT2D eigenvalue weighted by Gasteiger charge is 2.32. The Morgan fingerprint density at radius 1 is 1.14 bits per heavy atom. The van der Waals surface area contributed by atoms with Crippen LogP contribution in [-0.4, -0.2) is 59.4 Å². The second-order valence-electron chi connectivity index (χ2n) is 7.27. The minimum Gasteiger partial charge on any atom is -0.490 e. The molecule has 0 unspecified atom stereocenters.